The molecule has 1 atom stereocenters. The second-order valence-corrected chi connectivity index (χ2v) is 5.63. The predicted octanol–water partition coefficient (Wildman–Crippen LogP) is 2.28. The van der Waals surface area contributed by atoms with Gasteiger partial charge in [-0.15, -0.1) is 0 Å². The molecule has 0 spiro atoms. The molecule has 1 radical (unpaired) electrons. The Hall–Kier alpha value is -0.0297. The van der Waals surface area contributed by atoms with Crippen molar-refractivity contribution in [3.63, 3.8) is 0 Å². The molecule has 0 saturated carbocycles. The van der Waals surface area contributed by atoms with Crippen molar-refractivity contribution in [3.05, 3.63) is 0 Å². The smallest absolute Gasteiger partial charge is 0.134 e. The average Bonchev–Trinajstić information content (AvgIpc) is 2.48. The van der Waals surface area contributed by atoms with Gasteiger partial charge in [0.05, 0.1) is 13.1 Å². The number of amides is 1. The van der Waals surface area contributed by atoms with Crippen LogP contribution in [0.15, 0.2) is 0 Å². The van der Waals surface area contributed by atoms with E-state index in [9.17, 15) is 9.90 Å². The molecule has 0 aliphatic rings. The first-order chi connectivity index (χ1) is 10.1. The number of nitrogens with one attached hydrogen (secondary N) is 1. The monoisotopic (exact) mass is 409 g/mol. The van der Waals surface area contributed by atoms with Crippen molar-refractivity contribution in [2.45, 2.75) is 79.1 Å². The fourth-order valence-electron chi connectivity index (χ4n) is 2.09. The summed E-state index contributed by atoms with van der Waals surface area (Å²) in [5.74, 6) is 0.475. The molecule has 0 rings (SSSR count). The number of nitrogens with two attached hydrogens (primary N) is 1. The second-order valence-electron chi connectivity index (χ2n) is 5.63. The van der Waals surface area contributed by atoms with E-state index in [-0.39, 0.29) is 22.4 Å². The van der Waals surface area contributed by atoms with Crippen LogP contribution < -0.4 is 15.7 Å². The molecule has 0 saturated heterocycles. The molecule has 139 valence electrons. The van der Waals surface area contributed by atoms with E-state index in [1.165, 1.54) is 51.6 Å². The summed E-state index contributed by atoms with van der Waals surface area (Å²) >= 11 is 0. The van der Waals surface area contributed by atoms with Crippen LogP contribution in [0.4, 0.5) is 4.79 Å². The first-order valence-corrected chi connectivity index (χ1v) is 8.88. The van der Waals surface area contributed by atoms with Crippen LogP contribution in [0.5, 0.6) is 0 Å². The van der Waals surface area contributed by atoms with Gasteiger partial charge in [0.1, 0.15) is 6.09 Å². The maximum atomic E-state index is 10.1. The molecule has 3 N–H and O–H groups in total. The van der Waals surface area contributed by atoms with Gasteiger partial charge in [0.25, 0.3) is 0 Å². The number of rotatable bonds is 12. The van der Waals surface area contributed by atoms with Crippen molar-refractivity contribution in [1.82, 2.24) is 5.32 Å². The Kier molecular flexibility index (Phi) is 28.4. The van der Waals surface area contributed by atoms with E-state index < -0.39 is 6.09 Å². The fourth-order valence-corrected chi connectivity index (χ4v) is 2.09. The standard InChI is InChI=1S/C9H19NO2.C8H19N.Ag/c1-3-5-6-8(4-2)7-10-9(11)12;1-3-5-6-7-8-9-4-2;/h8,10H,3-7H2,1-2H3,(H,11,12);9H,3-8H2,1-2H3;. The van der Waals surface area contributed by atoms with Crippen LogP contribution in [-0.2, 0) is 22.4 Å². The Bertz CT molecular complexity index is 211. The van der Waals surface area contributed by atoms with Gasteiger partial charge >= 0.3 is 0 Å². The summed E-state index contributed by atoms with van der Waals surface area (Å²) in [4.78, 5) is 10.1. The fraction of sp³-hybridized carbons (Fsp3) is 0.941. The zero-order chi connectivity index (χ0) is 16.3. The van der Waals surface area contributed by atoms with Gasteiger partial charge in [0.15, 0.2) is 0 Å². The molecule has 0 fully saturated rings. The summed E-state index contributed by atoms with van der Waals surface area (Å²) in [6, 6.07) is 0. The maximum absolute atomic E-state index is 10.1. The quantitative estimate of drug-likeness (QED) is 0.383. The molecule has 0 aromatic rings. The van der Waals surface area contributed by atoms with Crippen LogP contribution in [0.25, 0.3) is 0 Å². The molecule has 5 heteroatoms. The van der Waals surface area contributed by atoms with Gasteiger partial charge in [-0.3, -0.25) is 0 Å². The van der Waals surface area contributed by atoms with Gasteiger partial charge in [0.2, 0.25) is 0 Å². The zero-order valence-corrected chi connectivity index (χ0v) is 16.5. The number of carbonyl (C=O) groups is 1. The van der Waals surface area contributed by atoms with Crippen LogP contribution in [0.3, 0.4) is 0 Å². The van der Waals surface area contributed by atoms with Gasteiger partial charge in [-0.1, -0.05) is 52.9 Å². The SMILES string of the molecule is CCCCC(CC)CNC(=O)[O-].CCCCCC[NH2+]CC.[Ag]. The van der Waals surface area contributed by atoms with Crippen molar-refractivity contribution >= 4 is 6.09 Å². The number of carbonyl (C=O) groups excluding carboxylic acids is 1. The van der Waals surface area contributed by atoms with E-state index in [1.54, 1.807) is 0 Å². The average molecular weight is 410 g/mol. The number of hydrogen-bond acceptors (Lipinski definition) is 2. The minimum Gasteiger partial charge on any atom is -0.530 e. The Labute approximate surface area is 153 Å². The van der Waals surface area contributed by atoms with E-state index >= 15 is 0 Å². The zero-order valence-electron chi connectivity index (χ0n) is 15.1. The van der Waals surface area contributed by atoms with Gasteiger partial charge in [-0.25, -0.2) is 0 Å². The molecule has 0 aliphatic heterocycles. The largest absolute Gasteiger partial charge is 0.530 e. The number of carboxylic acid groups (broad SMARTS) is 1. The molecule has 0 bridgehead atoms. The first-order valence-electron chi connectivity index (χ1n) is 8.88. The summed E-state index contributed by atoms with van der Waals surface area (Å²) in [6.45, 7) is 11.8. The number of unbranched alkanes of at least 4 members (excludes halogenated alkanes) is 4. The third-order valence-corrected chi connectivity index (χ3v) is 3.63. The van der Waals surface area contributed by atoms with Crippen LogP contribution in [0.2, 0.25) is 0 Å². The molecule has 0 aromatic carbocycles. The van der Waals surface area contributed by atoms with Gasteiger partial charge in [0, 0.05) is 28.9 Å². The van der Waals surface area contributed by atoms with Crippen LogP contribution >= 0.6 is 0 Å². The molecular weight excluding hydrogens is 372 g/mol. The summed E-state index contributed by atoms with van der Waals surface area (Å²) in [7, 11) is 0. The van der Waals surface area contributed by atoms with Crippen molar-refractivity contribution in [1.29, 1.82) is 0 Å². The Morgan fingerprint density at radius 3 is 2.14 bits per heavy atom. The minimum absolute atomic E-state index is 0. The van der Waals surface area contributed by atoms with Gasteiger partial charge in [-0.2, -0.15) is 0 Å². The van der Waals surface area contributed by atoms with Gasteiger partial charge in [-0.05, 0) is 32.1 Å². The molecular formula is C17H38AgN2O2. The Morgan fingerprint density at radius 1 is 1.05 bits per heavy atom. The third kappa shape index (κ3) is 25.0. The summed E-state index contributed by atoms with van der Waals surface area (Å²) in [5, 5.41) is 14.8. The van der Waals surface area contributed by atoms with E-state index in [1.807, 2.05) is 0 Å². The summed E-state index contributed by atoms with van der Waals surface area (Å²) in [6.07, 6.45) is 8.91. The molecule has 0 heterocycles. The van der Waals surface area contributed by atoms with E-state index in [4.69, 9.17) is 0 Å². The number of quaternary nitrogens is 1. The van der Waals surface area contributed by atoms with Crippen molar-refractivity contribution < 1.29 is 37.6 Å². The Balaban J connectivity index is -0.000000326. The third-order valence-electron chi connectivity index (χ3n) is 3.63. The van der Waals surface area contributed by atoms with Crippen molar-refractivity contribution in [2.75, 3.05) is 19.6 Å². The van der Waals surface area contributed by atoms with Crippen LogP contribution in [0, 0.1) is 5.92 Å². The summed E-state index contributed by atoms with van der Waals surface area (Å²) < 4.78 is 0. The van der Waals surface area contributed by atoms with Crippen LogP contribution in [-0.4, -0.2) is 25.7 Å². The predicted molar refractivity (Wildman–Crippen MR) is 88.2 cm³/mol. The topological polar surface area (TPSA) is 68.8 Å². The molecule has 0 aliphatic carbocycles. The molecule has 1 amide bonds. The van der Waals surface area contributed by atoms with E-state index in [2.05, 4.69) is 38.3 Å². The van der Waals surface area contributed by atoms with Crippen molar-refractivity contribution in [3.8, 4) is 0 Å². The number of hydrogen-bond donors (Lipinski definition) is 2. The van der Waals surface area contributed by atoms with Gasteiger partial charge < -0.3 is 20.5 Å². The van der Waals surface area contributed by atoms with Crippen molar-refractivity contribution in [2.24, 2.45) is 5.92 Å². The molecule has 22 heavy (non-hydrogen) atoms. The maximum Gasteiger partial charge on any atom is 0.134 e. The molecule has 0 aromatic heterocycles. The molecule has 1 unspecified atom stereocenters. The second kappa shape index (κ2) is 23.2. The van der Waals surface area contributed by atoms with E-state index in [0.29, 0.717) is 12.5 Å². The van der Waals surface area contributed by atoms with E-state index in [0.717, 1.165) is 12.8 Å². The Morgan fingerprint density at radius 2 is 1.68 bits per heavy atom. The minimum atomic E-state index is -1.16. The summed E-state index contributed by atoms with van der Waals surface area (Å²) in [5.41, 5.74) is 0. The molecule has 4 nitrogen and oxygen atoms in total. The normalized spacial score (nSPS) is 10.9. The van der Waals surface area contributed by atoms with Crippen LogP contribution in [0.1, 0.15) is 79.1 Å². The first kappa shape index (κ1) is 26.8.